The molecule has 1 N–H and O–H groups in total. The fraction of sp³-hybridized carbons (Fsp3) is 0.286. The van der Waals surface area contributed by atoms with Crippen molar-refractivity contribution in [2.45, 2.75) is 13.5 Å². The van der Waals surface area contributed by atoms with Gasteiger partial charge in [0.1, 0.15) is 17.5 Å². The van der Waals surface area contributed by atoms with Crippen LogP contribution in [-0.2, 0) is 13.6 Å². The van der Waals surface area contributed by atoms with Crippen LogP contribution in [0.2, 0.25) is 0 Å². The van der Waals surface area contributed by atoms with Crippen molar-refractivity contribution in [2.75, 3.05) is 12.1 Å². The van der Waals surface area contributed by atoms with E-state index in [1.54, 1.807) is 4.68 Å². The molecule has 6 nitrogen and oxygen atoms in total. The third-order valence-electron chi connectivity index (χ3n) is 3.23. The van der Waals surface area contributed by atoms with E-state index < -0.39 is 0 Å². The number of nitrogens with zero attached hydrogens (tertiary/aromatic N) is 3. The third-order valence-corrected chi connectivity index (χ3v) is 3.23. The maximum absolute atomic E-state index is 9.16. The molecular weight excluding hydrogens is 256 g/mol. The van der Waals surface area contributed by atoms with Crippen molar-refractivity contribution in [2.24, 2.45) is 7.05 Å². The zero-order valence-electron chi connectivity index (χ0n) is 11.3. The van der Waals surface area contributed by atoms with Crippen LogP contribution in [0.5, 0.6) is 11.5 Å². The number of fused-ring (bicyclic) bond motifs is 1. The van der Waals surface area contributed by atoms with E-state index in [9.17, 15) is 0 Å². The number of anilines is 1. The fourth-order valence-corrected chi connectivity index (χ4v) is 2.23. The monoisotopic (exact) mass is 270 g/mol. The first-order valence-electron chi connectivity index (χ1n) is 6.25. The van der Waals surface area contributed by atoms with Crippen LogP contribution in [0.25, 0.3) is 0 Å². The molecule has 6 heteroatoms. The van der Waals surface area contributed by atoms with Gasteiger partial charge in [-0.25, -0.2) is 0 Å². The lowest BCUT2D eigenvalue weighted by Gasteiger charge is -2.08. The third kappa shape index (κ3) is 2.03. The molecule has 1 aromatic carbocycles. The van der Waals surface area contributed by atoms with Gasteiger partial charge < -0.3 is 14.8 Å². The molecule has 3 rings (SSSR count). The number of aryl methyl sites for hydroxylation is 2. The minimum atomic E-state index is 0.270. The summed E-state index contributed by atoms with van der Waals surface area (Å²) in [6.07, 6.45) is 0. The lowest BCUT2D eigenvalue weighted by atomic mass is 10.2. The Morgan fingerprint density at radius 3 is 3.00 bits per heavy atom. The van der Waals surface area contributed by atoms with Crippen LogP contribution in [0.1, 0.15) is 16.8 Å². The molecule has 0 atom stereocenters. The molecule has 0 saturated carbocycles. The largest absolute Gasteiger partial charge is 0.454 e. The van der Waals surface area contributed by atoms with Crippen LogP contribution in [0, 0.1) is 18.3 Å². The van der Waals surface area contributed by atoms with Gasteiger partial charge in [-0.2, -0.15) is 10.4 Å². The highest BCUT2D eigenvalue weighted by molar-refractivity contribution is 5.55. The standard InChI is InChI=1S/C14H14N4O2/c1-9-11(6-15)14(18(2)17-9)16-7-10-3-4-12-13(5-10)20-8-19-12/h3-5,16H,7-8H2,1-2H3. The maximum atomic E-state index is 9.16. The smallest absolute Gasteiger partial charge is 0.231 e. The molecule has 0 radical (unpaired) electrons. The van der Waals surface area contributed by atoms with E-state index in [1.165, 1.54) is 0 Å². The number of nitrogens with one attached hydrogen (secondary N) is 1. The van der Waals surface area contributed by atoms with Gasteiger partial charge in [-0.1, -0.05) is 6.07 Å². The quantitative estimate of drug-likeness (QED) is 0.922. The Morgan fingerprint density at radius 1 is 1.40 bits per heavy atom. The fourth-order valence-electron chi connectivity index (χ4n) is 2.23. The van der Waals surface area contributed by atoms with Gasteiger partial charge in [0, 0.05) is 13.6 Å². The van der Waals surface area contributed by atoms with Gasteiger partial charge in [0.25, 0.3) is 0 Å². The SMILES string of the molecule is Cc1nn(C)c(NCc2ccc3c(c2)OCO3)c1C#N. The van der Waals surface area contributed by atoms with E-state index in [1.807, 2.05) is 32.2 Å². The average molecular weight is 270 g/mol. The summed E-state index contributed by atoms with van der Waals surface area (Å²) in [6, 6.07) is 7.96. The van der Waals surface area contributed by atoms with Crippen LogP contribution in [0.15, 0.2) is 18.2 Å². The van der Waals surface area contributed by atoms with Gasteiger partial charge in [-0.05, 0) is 24.6 Å². The average Bonchev–Trinajstić information content (AvgIpc) is 2.99. The number of hydrogen-bond acceptors (Lipinski definition) is 5. The van der Waals surface area contributed by atoms with E-state index in [2.05, 4.69) is 16.5 Å². The van der Waals surface area contributed by atoms with E-state index in [0.717, 1.165) is 28.6 Å². The summed E-state index contributed by atoms with van der Waals surface area (Å²) in [4.78, 5) is 0. The van der Waals surface area contributed by atoms with Crippen LogP contribution in [-0.4, -0.2) is 16.6 Å². The predicted octanol–water partition coefficient (Wildman–Crippen LogP) is 1.94. The summed E-state index contributed by atoms with van der Waals surface area (Å²) in [5, 5.41) is 16.6. The minimum Gasteiger partial charge on any atom is -0.454 e. The minimum absolute atomic E-state index is 0.270. The number of hydrogen-bond donors (Lipinski definition) is 1. The molecule has 0 bridgehead atoms. The second-order valence-electron chi connectivity index (χ2n) is 4.59. The number of ether oxygens (including phenoxy) is 2. The topological polar surface area (TPSA) is 72.1 Å². The number of nitriles is 1. The van der Waals surface area contributed by atoms with Crippen molar-refractivity contribution in [1.82, 2.24) is 9.78 Å². The van der Waals surface area contributed by atoms with Crippen LogP contribution >= 0.6 is 0 Å². The number of benzene rings is 1. The van der Waals surface area contributed by atoms with E-state index in [4.69, 9.17) is 14.7 Å². The highest BCUT2D eigenvalue weighted by Crippen LogP contribution is 2.32. The van der Waals surface area contributed by atoms with Crippen LogP contribution in [0.4, 0.5) is 5.82 Å². The summed E-state index contributed by atoms with van der Waals surface area (Å²) in [7, 11) is 1.82. The zero-order chi connectivity index (χ0) is 14.1. The van der Waals surface area contributed by atoms with Gasteiger partial charge in [0.15, 0.2) is 11.5 Å². The van der Waals surface area contributed by atoms with Gasteiger partial charge >= 0.3 is 0 Å². The Labute approximate surface area is 116 Å². The predicted molar refractivity (Wildman–Crippen MR) is 72.6 cm³/mol. The van der Waals surface area contributed by atoms with E-state index in [-0.39, 0.29) is 6.79 Å². The molecule has 0 spiro atoms. The molecular formula is C14H14N4O2. The molecule has 0 amide bonds. The molecule has 102 valence electrons. The molecule has 20 heavy (non-hydrogen) atoms. The zero-order valence-corrected chi connectivity index (χ0v) is 11.3. The van der Waals surface area contributed by atoms with Crippen LogP contribution < -0.4 is 14.8 Å². The first-order chi connectivity index (χ1) is 9.69. The van der Waals surface area contributed by atoms with E-state index >= 15 is 0 Å². The van der Waals surface area contributed by atoms with Gasteiger partial charge in [-0.15, -0.1) is 0 Å². The van der Waals surface area contributed by atoms with Crippen molar-refractivity contribution in [3.63, 3.8) is 0 Å². The first-order valence-corrected chi connectivity index (χ1v) is 6.25. The van der Waals surface area contributed by atoms with Gasteiger partial charge in [-0.3, -0.25) is 4.68 Å². The van der Waals surface area contributed by atoms with Crippen molar-refractivity contribution in [3.8, 4) is 17.6 Å². The second-order valence-corrected chi connectivity index (χ2v) is 4.59. The molecule has 1 aliphatic heterocycles. The number of aromatic nitrogens is 2. The molecule has 2 aromatic rings. The Morgan fingerprint density at radius 2 is 2.20 bits per heavy atom. The van der Waals surface area contributed by atoms with Crippen molar-refractivity contribution < 1.29 is 9.47 Å². The Balaban J connectivity index is 1.79. The summed E-state index contributed by atoms with van der Waals surface area (Å²) in [5.41, 5.74) is 2.36. The van der Waals surface area contributed by atoms with E-state index in [0.29, 0.717) is 12.1 Å². The molecule has 0 unspecified atom stereocenters. The van der Waals surface area contributed by atoms with Gasteiger partial charge in [0.2, 0.25) is 6.79 Å². The normalized spacial score (nSPS) is 12.2. The summed E-state index contributed by atoms with van der Waals surface area (Å²) in [6.45, 7) is 2.68. The van der Waals surface area contributed by atoms with Crippen molar-refractivity contribution >= 4 is 5.82 Å². The second kappa shape index (κ2) is 4.78. The molecule has 2 heterocycles. The summed E-state index contributed by atoms with van der Waals surface area (Å²) < 4.78 is 12.3. The highest BCUT2D eigenvalue weighted by Gasteiger charge is 2.15. The van der Waals surface area contributed by atoms with Crippen LogP contribution in [0.3, 0.4) is 0 Å². The van der Waals surface area contributed by atoms with Crippen molar-refractivity contribution in [3.05, 3.63) is 35.0 Å². The first kappa shape index (κ1) is 12.4. The lowest BCUT2D eigenvalue weighted by Crippen LogP contribution is -2.05. The highest BCUT2D eigenvalue weighted by atomic mass is 16.7. The van der Waals surface area contributed by atoms with Gasteiger partial charge in [0.05, 0.1) is 5.69 Å². The molecule has 0 fully saturated rings. The Bertz CT molecular complexity index is 700. The lowest BCUT2D eigenvalue weighted by molar-refractivity contribution is 0.174. The summed E-state index contributed by atoms with van der Waals surface area (Å²) >= 11 is 0. The number of rotatable bonds is 3. The maximum Gasteiger partial charge on any atom is 0.231 e. The Hall–Kier alpha value is -2.68. The molecule has 0 aliphatic carbocycles. The summed E-state index contributed by atoms with van der Waals surface area (Å²) in [5.74, 6) is 2.25. The molecule has 1 aromatic heterocycles. The van der Waals surface area contributed by atoms with Crippen molar-refractivity contribution in [1.29, 1.82) is 5.26 Å². The molecule has 1 aliphatic rings. The molecule has 0 saturated heterocycles. The Kier molecular flexibility index (Phi) is 2.95.